The first-order valence-corrected chi connectivity index (χ1v) is 9.80. The first-order chi connectivity index (χ1) is 12.4. The van der Waals surface area contributed by atoms with Crippen molar-refractivity contribution >= 4 is 11.9 Å². The third-order valence-corrected chi connectivity index (χ3v) is 4.73. The Morgan fingerprint density at radius 3 is 2.31 bits per heavy atom. The fourth-order valence-corrected chi connectivity index (χ4v) is 2.73. The molecule has 3 atom stereocenters. The van der Waals surface area contributed by atoms with Gasteiger partial charge in [-0.05, 0) is 25.2 Å². The predicted molar refractivity (Wildman–Crippen MR) is 102 cm³/mol. The minimum atomic E-state index is -0.791. The first-order valence-electron chi connectivity index (χ1n) is 9.80. The number of halogens is 1. The van der Waals surface area contributed by atoms with Crippen molar-refractivity contribution in [2.24, 2.45) is 5.92 Å². The van der Waals surface area contributed by atoms with Crippen molar-refractivity contribution in [3.05, 3.63) is 12.2 Å². The molecule has 0 saturated carbocycles. The van der Waals surface area contributed by atoms with Gasteiger partial charge < -0.3 is 15.1 Å². The van der Waals surface area contributed by atoms with E-state index in [9.17, 15) is 19.1 Å². The van der Waals surface area contributed by atoms with Crippen molar-refractivity contribution in [3.63, 3.8) is 0 Å². The molecule has 0 heterocycles. The van der Waals surface area contributed by atoms with Crippen molar-refractivity contribution in [3.8, 4) is 0 Å². The fourth-order valence-electron chi connectivity index (χ4n) is 2.73. The largest absolute Gasteiger partial charge is 0.481 e. The van der Waals surface area contributed by atoms with Crippen molar-refractivity contribution < 1.29 is 24.2 Å². The molecule has 0 bridgehead atoms. The van der Waals surface area contributed by atoms with Gasteiger partial charge >= 0.3 is 5.97 Å². The van der Waals surface area contributed by atoms with Gasteiger partial charge in [-0.2, -0.15) is 0 Å². The number of amides is 1. The molecule has 0 radical (unpaired) electrons. The molecular weight excluding hydrogens is 337 g/mol. The number of hydrogen-bond acceptors (Lipinski definition) is 3. The average molecular weight is 374 g/mol. The smallest absolute Gasteiger partial charge is 0.303 e. The Hall–Kier alpha value is -1.43. The SMILES string of the molecule is CCC(=O)N(CCCCCCC(=O)O)[C@@H](/C=C/[C@H](O)[C@H](C)CC)CCF. The Labute approximate surface area is 157 Å². The molecule has 1 amide bonds. The number of carboxylic acid groups (broad SMARTS) is 1. The molecule has 26 heavy (non-hydrogen) atoms. The van der Waals surface area contributed by atoms with Crippen LogP contribution in [0.3, 0.4) is 0 Å². The molecule has 0 aliphatic carbocycles. The van der Waals surface area contributed by atoms with Crippen molar-refractivity contribution in [1.82, 2.24) is 4.90 Å². The highest BCUT2D eigenvalue weighted by molar-refractivity contribution is 5.76. The van der Waals surface area contributed by atoms with Gasteiger partial charge in [0.1, 0.15) is 0 Å². The van der Waals surface area contributed by atoms with E-state index in [1.807, 2.05) is 13.8 Å². The van der Waals surface area contributed by atoms with E-state index in [2.05, 4.69) is 0 Å². The summed E-state index contributed by atoms with van der Waals surface area (Å²) in [6.45, 7) is 5.73. The summed E-state index contributed by atoms with van der Waals surface area (Å²) in [5.41, 5.74) is 0. The normalized spacial score (nSPS) is 15.0. The molecule has 6 heteroatoms. The molecule has 0 saturated heterocycles. The Balaban J connectivity index is 4.76. The van der Waals surface area contributed by atoms with Crippen molar-refractivity contribution in [2.75, 3.05) is 13.2 Å². The molecule has 0 fully saturated rings. The van der Waals surface area contributed by atoms with Gasteiger partial charge in [0.15, 0.2) is 0 Å². The topological polar surface area (TPSA) is 77.8 Å². The number of nitrogens with zero attached hydrogens (tertiary/aromatic N) is 1. The van der Waals surface area contributed by atoms with Crippen LogP contribution in [0.15, 0.2) is 12.2 Å². The Kier molecular flexibility index (Phi) is 13.9. The molecule has 2 N–H and O–H groups in total. The van der Waals surface area contributed by atoms with Crippen LogP contribution in [0.25, 0.3) is 0 Å². The van der Waals surface area contributed by atoms with Crippen LogP contribution in [0.4, 0.5) is 4.39 Å². The minimum absolute atomic E-state index is 0.0309. The number of carbonyl (C=O) groups is 2. The Morgan fingerprint density at radius 2 is 1.77 bits per heavy atom. The van der Waals surface area contributed by atoms with Gasteiger partial charge in [-0.25, -0.2) is 0 Å². The maximum atomic E-state index is 13.0. The summed E-state index contributed by atoms with van der Waals surface area (Å²) in [5, 5.41) is 18.7. The molecule has 0 spiro atoms. The van der Waals surface area contributed by atoms with Gasteiger partial charge in [0, 0.05) is 19.4 Å². The van der Waals surface area contributed by atoms with E-state index >= 15 is 0 Å². The number of aliphatic hydroxyl groups excluding tert-OH is 1. The highest BCUT2D eigenvalue weighted by atomic mass is 19.1. The lowest BCUT2D eigenvalue weighted by Crippen LogP contribution is -2.40. The monoisotopic (exact) mass is 373 g/mol. The molecule has 0 aromatic rings. The zero-order chi connectivity index (χ0) is 19.9. The summed E-state index contributed by atoms with van der Waals surface area (Å²) in [6.07, 6.45) is 7.44. The van der Waals surface area contributed by atoms with Crippen LogP contribution >= 0.6 is 0 Å². The average Bonchev–Trinajstić information content (AvgIpc) is 2.63. The second-order valence-corrected chi connectivity index (χ2v) is 6.80. The number of aliphatic carboxylic acids is 1. The molecular formula is C20H36FNO4. The summed E-state index contributed by atoms with van der Waals surface area (Å²) < 4.78 is 13.0. The van der Waals surface area contributed by atoms with E-state index in [0.29, 0.717) is 19.4 Å². The van der Waals surface area contributed by atoms with Gasteiger partial charge in [0.25, 0.3) is 0 Å². The number of aliphatic hydroxyl groups is 1. The zero-order valence-electron chi connectivity index (χ0n) is 16.5. The summed E-state index contributed by atoms with van der Waals surface area (Å²) in [7, 11) is 0. The van der Waals surface area contributed by atoms with E-state index < -0.39 is 18.7 Å². The molecule has 5 nitrogen and oxygen atoms in total. The lowest BCUT2D eigenvalue weighted by atomic mass is 10.00. The second-order valence-electron chi connectivity index (χ2n) is 6.80. The molecule has 152 valence electrons. The first kappa shape index (κ1) is 24.6. The van der Waals surface area contributed by atoms with Crippen LogP contribution in [0.5, 0.6) is 0 Å². The van der Waals surface area contributed by atoms with E-state index in [1.165, 1.54) is 0 Å². The van der Waals surface area contributed by atoms with Crippen LogP contribution in [-0.4, -0.2) is 52.4 Å². The molecule has 0 aromatic heterocycles. The summed E-state index contributed by atoms with van der Waals surface area (Å²) >= 11 is 0. The standard InChI is InChI=1S/C20H36FNO4/c1-4-16(3)18(23)12-11-17(13-14-21)22(19(24)5-2)15-9-7-6-8-10-20(25)26/h11-12,16-18,23H,4-10,13-15H2,1-3H3,(H,25,26)/b12-11+/t16-,17+,18+/m1/s1. The Morgan fingerprint density at radius 1 is 1.12 bits per heavy atom. The molecule has 0 aliphatic heterocycles. The third kappa shape index (κ3) is 10.5. The van der Waals surface area contributed by atoms with Gasteiger partial charge in [-0.1, -0.05) is 52.2 Å². The number of rotatable bonds is 15. The number of alkyl halides is 1. The zero-order valence-corrected chi connectivity index (χ0v) is 16.5. The van der Waals surface area contributed by atoms with Crippen LogP contribution in [0.2, 0.25) is 0 Å². The number of unbranched alkanes of at least 4 members (excludes halogenated alkanes) is 3. The molecule has 0 rings (SSSR count). The van der Waals surface area contributed by atoms with E-state index in [4.69, 9.17) is 5.11 Å². The van der Waals surface area contributed by atoms with Crippen molar-refractivity contribution in [1.29, 1.82) is 0 Å². The van der Waals surface area contributed by atoms with E-state index in [-0.39, 0.29) is 30.7 Å². The summed E-state index contributed by atoms with van der Waals surface area (Å²) in [6, 6.07) is -0.356. The van der Waals surface area contributed by atoms with Crippen LogP contribution in [0.1, 0.15) is 72.1 Å². The van der Waals surface area contributed by atoms with Crippen LogP contribution < -0.4 is 0 Å². The second kappa shape index (κ2) is 14.7. The lowest BCUT2D eigenvalue weighted by molar-refractivity contribution is -0.137. The maximum absolute atomic E-state index is 13.0. The van der Waals surface area contributed by atoms with Crippen molar-refractivity contribution in [2.45, 2.75) is 84.3 Å². The predicted octanol–water partition coefficient (Wildman–Crippen LogP) is 3.95. The third-order valence-electron chi connectivity index (χ3n) is 4.73. The molecule has 0 unspecified atom stereocenters. The quantitative estimate of drug-likeness (QED) is 0.336. The fraction of sp³-hybridized carbons (Fsp3) is 0.800. The van der Waals surface area contributed by atoms with Gasteiger partial charge in [0.05, 0.1) is 18.8 Å². The maximum Gasteiger partial charge on any atom is 0.303 e. The van der Waals surface area contributed by atoms with E-state index in [0.717, 1.165) is 25.7 Å². The highest BCUT2D eigenvalue weighted by Crippen LogP contribution is 2.15. The molecule has 0 aliphatic rings. The lowest BCUT2D eigenvalue weighted by Gasteiger charge is -2.30. The van der Waals surface area contributed by atoms with Gasteiger partial charge in [-0.3, -0.25) is 14.0 Å². The van der Waals surface area contributed by atoms with Crippen LogP contribution in [0, 0.1) is 5.92 Å². The highest BCUT2D eigenvalue weighted by Gasteiger charge is 2.20. The summed E-state index contributed by atoms with van der Waals surface area (Å²) in [5.74, 6) is -0.709. The number of carboxylic acids is 1. The minimum Gasteiger partial charge on any atom is -0.481 e. The summed E-state index contributed by atoms with van der Waals surface area (Å²) in [4.78, 5) is 24.5. The number of hydrogen-bond donors (Lipinski definition) is 2. The van der Waals surface area contributed by atoms with Crippen LogP contribution in [-0.2, 0) is 9.59 Å². The van der Waals surface area contributed by atoms with Gasteiger partial charge in [-0.15, -0.1) is 0 Å². The number of carbonyl (C=O) groups excluding carboxylic acids is 1. The van der Waals surface area contributed by atoms with Gasteiger partial charge in [0.2, 0.25) is 5.91 Å². The van der Waals surface area contributed by atoms with E-state index in [1.54, 1.807) is 24.0 Å². The Bertz CT molecular complexity index is 428. The molecule has 0 aromatic carbocycles.